The van der Waals surface area contributed by atoms with Crippen molar-refractivity contribution in [1.82, 2.24) is 0 Å². The Kier molecular flexibility index (Phi) is 11.7. The summed E-state index contributed by atoms with van der Waals surface area (Å²) in [6, 6.07) is 37.3. The molecule has 296 valence electrons. The number of halogens is 3. The maximum Gasteiger partial charge on any atom is 0.524 e. The number of ether oxygens (including phenoxy) is 4. The van der Waals surface area contributed by atoms with Gasteiger partial charge in [-0.15, -0.1) is 0 Å². The van der Waals surface area contributed by atoms with Crippen molar-refractivity contribution in [2.75, 3.05) is 13.4 Å². The minimum Gasteiger partial charge on any atom is -0.488 e. The summed E-state index contributed by atoms with van der Waals surface area (Å²) >= 11 is 0. The van der Waals surface area contributed by atoms with Crippen LogP contribution in [-0.2, 0) is 24.9 Å². The molecule has 0 fully saturated rings. The van der Waals surface area contributed by atoms with Gasteiger partial charge in [-0.1, -0.05) is 78.9 Å². The first-order valence-corrected chi connectivity index (χ1v) is 21.0. The normalized spacial score (nSPS) is 13.2. The van der Waals surface area contributed by atoms with Gasteiger partial charge in [0.05, 0.1) is 11.5 Å². The van der Waals surface area contributed by atoms with E-state index < -0.39 is 37.1 Å². The molecule has 7 nitrogen and oxygen atoms in total. The summed E-state index contributed by atoms with van der Waals surface area (Å²) in [7, 11) is -10.1. The SMILES string of the molecule is CC(C)(C)Oc1cccc(S(OS(=O)(=O)C(F)(F)F)(c2cccc(OC(C)(C)C)c2)c2ccccc2OCOCCc2cc3ccccc3c3ccccc23)c1. The van der Waals surface area contributed by atoms with E-state index in [4.69, 9.17) is 22.6 Å². The molecule has 12 heteroatoms. The fourth-order valence-corrected chi connectivity index (χ4v) is 11.2. The lowest BCUT2D eigenvalue weighted by atomic mass is 9.96. The van der Waals surface area contributed by atoms with Crippen LogP contribution in [0.25, 0.3) is 21.5 Å². The van der Waals surface area contributed by atoms with E-state index in [1.165, 1.54) is 30.3 Å². The molecule has 6 aromatic rings. The van der Waals surface area contributed by atoms with Crippen molar-refractivity contribution in [3.63, 3.8) is 0 Å². The lowest BCUT2D eigenvalue weighted by Crippen LogP contribution is -2.28. The van der Waals surface area contributed by atoms with Gasteiger partial charge in [0.15, 0.2) is 6.79 Å². The molecule has 0 saturated heterocycles. The average Bonchev–Trinajstić information content (AvgIpc) is 3.12. The zero-order valence-corrected chi connectivity index (χ0v) is 33.7. The Bertz CT molecular complexity index is 2380. The molecule has 0 aromatic heterocycles. The Morgan fingerprint density at radius 3 is 1.71 bits per heavy atom. The fourth-order valence-electron chi connectivity index (χ4n) is 6.31. The van der Waals surface area contributed by atoms with E-state index in [1.54, 1.807) is 42.5 Å². The smallest absolute Gasteiger partial charge is 0.488 e. The Hall–Kier alpha value is -4.75. The molecule has 0 spiro atoms. The molecule has 0 atom stereocenters. The minimum atomic E-state index is -6.24. The molecule has 0 aliphatic heterocycles. The molecule has 0 aliphatic carbocycles. The van der Waals surface area contributed by atoms with Crippen LogP contribution in [0.2, 0.25) is 0 Å². The van der Waals surface area contributed by atoms with E-state index in [9.17, 15) is 21.6 Å². The lowest BCUT2D eigenvalue weighted by Gasteiger charge is -2.40. The van der Waals surface area contributed by atoms with Gasteiger partial charge in [-0.3, -0.25) is 0 Å². The van der Waals surface area contributed by atoms with Gasteiger partial charge in [0.1, 0.15) is 28.5 Å². The summed E-state index contributed by atoms with van der Waals surface area (Å²) in [5.41, 5.74) is -6.04. The maximum absolute atomic E-state index is 14.4. The van der Waals surface area contributed by atoms with Crippen molar-refractivity contribution in [3.05, 3.63) is 133 Å². The molecule has 6 rings (SSSR count). The van der Waals surface area contributed by atoms with Crippen LogP contribution < -0.4 is 14.2 Å². The van der Waals surface area contributed by atoms with Crippen molar-refractivity contribution in [2.24, 2.45) is 0 Å². The molecule has 6 aromatic carbocycles. The molecule has 0 N–H and O–H groups in total. The topological polar surface area (TPSA) is 80.3 Å². The van der Waals surface area contributed by atoms with Gasteiger partial charge in [0, 0.05) is 9.79 Å². The minimum absolute atomic E-state index is 0.0535. The summed E-state index contributed by atoms with van der Waals surface area (Å²) in [5, 5.41) is 4.49. The summed E-state index contributed by atoms with van der Waals surface area (Å²) in [6.07, 6.45) is 0.555. The van der Waals surface area contributed by atoms with E-state index in [0.717, 1.165) is 27.1 Å². The number of fused-ring (bicyclic) bond motifs is 3. The van der Waals surface area contributed by atoms with Crippen LogP contribution in [0, 0.1) is 0 Å². The van der Waals surface area contributed by atoms with Crippen molar-refractivity contribution in [1.29, 1.82) is 0 Å². The molecule has 0 amide bonds. The standard InChI is InChI=1S/C44H45F3O7S2/c1-42(2,3)52-33-16-13-18-35(28-33)55(54-56(48,49)44(45,46)47,36-19-14-17-34(29-36)53-43(4,5)6)41-24-12-11-23-40(41)51-30-50-26-25-32-27-31-15-7-8-20-37(31)39-22-10-9-21-38(32)39/h7-24,27-29H,25-26,30H2,1-6H3. The fraction of sp³-hybridized carbons (Fsp3) is 0.273. The first-order valence-electron chi connectivity index (χ1n) is 18.0. The molecule has 0 saturated carbocycles. The van der Waals surface area contributed by atoms with E-state index in [0.29, 0.717) is 17.9 Å². The zero-order valence-electron chi connectivity index (χ0n) is 32.1. The molecule has 0 heterocycles. The highest BCUT2D eigenvalue weighted by Gasteiger charge is 2.53. The van der Waals surface area contributed by atoms with Crippen molar-refractivity contribution >= 4 is 42.0 Å². The highest BCUT2D eigenvalue weighted by atomic mass is 32.3. The number of alkyl halides is 3. The number of rotatable bonds is 13. The molecule has 56 heavy (non-hydrogen) atoms. The van der Waals surface area contributed by atoms with Crippen LogP contribution >= 0.6 is 10.3 Å². The largest absolute Gasteiger partial charge is 0.524 e. The Balaban J connectivity index is 1.42. The van der Waals surface area contributed by atoms with Gasteiger partial charge >= 0.3 is 15.6 Å². The first kappa shape index (κ1) is 40.9. The number of hydrogen-bond donors (Lipinski definition) is 0. The van der Waals surface area contributed by atoms with Gasteiger partial charge in [0.25, 0.3) is 0 Å². The van der Waals surface area contributed by atoms with Crippen LogP contribution in [-0.4, -0.2) is 38.5 Å². The third-order valence-corrected chi connectivity index (χ3v) is 13.3. The Morgan fingerprint density at radius 1 is 0.589 bits per heavy atom. The van der Waals surface area contributed by atoms with Crippen LogP contribution in [0.5, 0.6) is 17.2 Å². The highest BCUT2D eigenvalue weighted by molar-refractivity contribution is 8.33. The molecule has 0 aliphatic rings. The Morgan fingerprint density at radius 2 is 1.12 bits per heavy atom. The van der Waals surface area contributed by atoms with Gasteiger partial charge in [-0.05, 0) is 134 Å². The molecule has 0 unspecified atom stereocenters. The van der Waals surface area contributed by atoms with Crippen molar-refractivity contribution in [2.45, 2.75) is 79.4 Å². The molecule has 0 bridgehead atoms. The van der Waals surface area contributed by atoms with E-state index in [-0.39, 0.29) is 33.8 Å². The van der Waals surface area contributed by atoms with Gasteiger partial charge in [-0.25, -0.2) is 0 Å². The van der Waals surface area contributed by atoms with E-state index in [2.05, 4.69) is 30.3 Å². The van der Waals surface area contributed by atoms with Crippen molar-refractivity contribution in [3.8, 4) is 17.2 Å². The number of hydrogen-bond acceptors (Lipinski definition) is 7. The second kappa shape index (κ2) is 16.0. The second-order valence-electron chi connectivity index (χ2n) is 15.1. The molecular formula is C44H45F3O7S2. The van der Waals surface area contributed by atoms with Gasteiger partial charge in [0.2, 0.25) is 0 Å². The summed E-state index contributed by atoms with van der Waals surface area (Å²) in [4.78, 5) is 0.276. The van der Waals surface area contributed by atoms with Crippen LogP contribution in [0.3, 0.4) is 0 Å². The van der Waals surface area contributed by atoms with Gasteiger partial charge < -0.3 is 18.9 Å². The lowest BCUT2D eigenvalue weighted by molar-refractivity contribution is -0.0496. The van der Waals surface area contributed by atoms with Crippen LogP contribution in [0.1, 0.15) is 47.1 Å². The average molecular weight is 807 g/mol. The number of benzene rings is 6. The molecular weight excluding hydrogens is 762 g/mol. The quantitative estimate of drug-likeness (QED) is 0.0497. The second-order valence-corrected chi connectivity index (χ2v) is 19.5. The van der Waals surface area contributed by atoms with Crippen LogP contribution in [0.15, 0.2) is 142 Å². The van der Waals surface area contributed by atoms with E-state index >= 15 is 0 Å². The van der Waals surface area contributed by atoms with Crippen molar-refractivity contribution < 1.29 is 44.2 Å². The molecule has 0 radical (unpaired) electrons. The van der Waals surface area contributed by atoms with Crippen LogP contribution in [0.4, 0.5) is 13.2 Å². The van der Waals surface area contributed by atoms with Gasteiger partial charge in [-0.2, -0.15) is 25.2 Å². The predicted octanol–water partition coefficient (Wildman–Crippen LogP) is 12.0. The van der Waals surface area contributed by atoms with E-state index in [1.807, 2.05) is 65.8 Å². The highest BCUT2D eigenvalue weighted by Crippen LogP contribution is 2.73. The predicted molar refractivity (Wildman–Crippen MR) is 215 cm³/mol. The Labute approximate surface area is 328 Å². The third kappa shape index (κ3) is 9.26. The summed E-state index contributed by atoms with van der Waals surface area (Å²) < 4.78 is 99.9. The number of para-hydroxylation sites is 1. The monoisotopic (exact) mass is 806 g/mol. The zero-order chi connectivity index (χ0) is 40.4. The third-order valence-electron chi connectivity index (χ3n) is 8.42. The first-order chi connectivity index (χ1) is 26.4. The summed E-state index contributed by atoms with van der Waals surface area (Å²) in [5.74, 6) is 0.662. The maximum atomic E-state index is 14.4. The summed E-state index contributed by atoms with van der Waals surface area (Å²) in [6.45, 7) is 10.9.